The molecular weight excluding hydrogens is 211 g/mol. The predicted molar refractivity (Wildman–Crippen MR) is 56.1 cm³/mol. The first-order valence-corrected chi connectivity index (χ1v) is 8.25. The molecule has 0 N–H and O–H groups in total. The van der Waals surface area contributed by atoms with Gasteiger partial charge in [0.05, 0.1) is 6.10 Å². The van der Waals surface area contributed by atoms with E-state index >= 15 is 0 Å². The Hall–Kier alpha value is 0.497. The van der Waals surface area contributed by atoms with Crippen LogP contribution in [0.1, 0.15) is 6.42 Å². The quantitative estimate of drug-likeness (QED) is 0.667. The van der Waals surface area contributed by atoms with Gasteiger partial charge in [-0.25, -0.2) is 0 Å². The highest BCUT2D eigenvalue weighted by atomic mass is 35.5. The van der Waals surface area contributed by atoms with Gasteiger partial charge in [0.2, 0.25) is 0 Å². The van der Waals surface area contributed by atoms with E-state index in [0.717, 1.165) is 6.42 Å². The van der Waals surface area contributed by atoms with E-state index < -0.39 is 8.32 Å². The van der Waals surface area contributed by atoms with E-state index in [1.165, 1.54) is 0 Å². The maximum absolute atomic E-state index is 5.84. The van der Waals surface area contributed by atoms with Gasteiger partial charge in [0, 0.05) is 5.92 Å². The number of rotatable bonds is 3. The Balaban J connectivity index is 2.30. The third-order valence-corrected chi connectivity index (χ3v) is 2.89. The van der Waals surface area contributed by atoms with E-state index in [-0.39, 0.29) is 0 Å². The van der Waals surface area contributed by atoms with Crippen molar-refractivity contribution < 1.29 is 4.43 Å². The molecule has 0 aliphatic heterocycles. The Morgan fingerprint density at radius 2 is 2.00 bits per heavy atom. The molecule has 1 fully saturated rings. The zero-order valence-electron chi connectivity index (χ0n) is 7.60. The van der Waals surface area contributed by atoms with Gasteiger partial charge >= 0.3 is 0 Å². The molecule has 1 nitrogen and oxygen atoms in total. The molecule has 1 aliphatic rings. The molecule has 0 heterocycles. The topological polar surface area (TPSA) is 9.23 Å². The second-order valence-electron chi connectivity index (χ2n) is 4.12. The first kappa shape index (κ1) is 10.6. The third kappa shape index (κ3) is 3.94. The Bertz CT molecular complexity index is 194. The molecule has 0 aromatic carbocycles. The molecule has 0 aromatic heterocycles. The summed E-state index contributed by atoms with van der Waals surface area (Å²) in [6, 6.07) is 0. The lowest BCUT2D eigenvalue weighted by molar-refractivity contribution is 0.286. The highest BCUT2D eigenvalue weighted by Crippen LogP contribution is 2.38. The van der Waals surface area contributed by atoms with Crippen molar-refractivity contribution in [1.29, 1.82) is 0 Å². The summed E-state index contributed by atoms with van der Waals surface area (Å²) in [5, 5.41) is 0. The van der Waals surface area contributed by atoms with Crippen molar-refractivity contribution in [1.82, 2.24) is 0 Å². The van der Waals surface area contributed by atoms with Crippen molar-refractivity contribution in [3.63, 3.8) is 0 Å². The first-order valence-electron chi connectivity index (χ1n) is 4.09. The summed E-state index contributed by atoms with van der Waals surface area (Å²) < 4.78 is 6.20. The highest BCUT2D eigenvalue weighted by Gasteiger charge is 2.39. The smallest absolute Gasteiger partial charge is 0.184 e. The Morgan fingerprint density at radius 3 is 2.42 bits per heavy atom. The van der Waals surface area contributed by atoms with Crippen LogP contribution in [0.25, 0.3) is 0 Å². The van der Waals surface area contributed by atoms with E-state index in [1.807, 2.05) is 6.08 Å². The molecule has 0 saturated heterocycles. The van der Waals surface area contributed by atoms with E-state index in [9.17, 15) is 0 Å². The largest absolute Gasteiger partial charge is 0.414 e. The molecule has 0 spiro atoms. The Kier molecular flexibility index (Phi) is 3.26. The van der Waals surface area contributed by atoms with Crippen molar-refractivity contribution in [2.24, 2.45) is 5.92 Å². The van der Waals surface area contributed by atoms with Crippen LogP contribution in [0.3, 0.4) is 0 Å². The minimum absolute atomic E-state index is 0.363. The monoisotopic (exact) mass is 224 g/mol. The number of hydrogen-bond donors (Lipinski definition) is 0. The molecule has 1 aliphatic carbocycles. The van der Waals surface area contributed by atoms with E-state index in [0.29, 0.717) is 16.5 Å². The van der Waals surface area contributed by atoms with E-state index in [4.69, 9.17) is 27.6 Å². The van der Waals surface area contributed by atoms with Gasteiger partial charge in [0.25, 0.3) is 0 Å². The molecule has 4 heteroatoms. The van der Waals surface area contributed by atoms with Crippen LogP contribution in [0.2, 0.25) is 19.6 Å². The summed E-state index contributed by atoms with van der Waals surface area (Å²) in [6.07, 6.45) is 3.32. The number of hydrogen-bond acceptors (Lipinski definition) is 1. The third-order valence-electron chi connectivity index (χ3n) is 1.62. The lowest BCUT2D eigenvalue weighted by atomic mass is 10.4. The minimum Gasteiger partial charge on any atom is -0.414 e. The van der Waals surface area contributed by atoms with Gasteiger partial charge in [0.1, 0.15) is 4.49 Å². The summed E-state index contributed by atoms with van der Waals surface area (Å²) in [5.41, 5.74) is 0. The molecule has 1 rings (SSSR count). The van der Waals surface area contributed by atoms with Gasteiger partial charge in [-0.05, 0) is 32.1 Å². The molecular formula is C8H14Cl2OSi. The lowest BCUT2D eigenvalue weighted by Gasteiger charge is -2.16. The summed E-state index contributed by atoms with van der Waals surface area (Å²) in [6.45, 7) is 6.57. The zero-order chi connectivity index (χ0) is 9.35. The number of halogens is 2. The van der Waals surface area contributed by atoms with E-state index in [1.54, 1.807) is 0 Å². The van der Waals surface area contributed by atoms with Crippen LogP contribution >= 0.6 is 23.2 Å². The van der Waals surface area contributed by atoms with Crippen molar-refractivity contribution in [3.8, 4) is 0 Å². The Labute approximate surface area is 84.8 Å². The van der Waals surface area contributed by atoms with Crippen LogP contribution in [-0.4, -0.2) is 14.4 Å². The lowest BCUT2D eigenvalue weighted by Crippen LogP contribution is -2.26. The van der Waals surface area contributed by atoms with Crippen LogP contribution in [0.4, 0.5) is 0 Å². The summed E-state index contributed by atoms with van der Waals surface area (Å²) in [7, 11) is -1.37. The molecule has 2 atom stereocenters. The van der Waals surface area contributed by atoms with Gasteiger partial charge in [-0.2, -0.15) is 0 Å². The van der Waals surface area contributed by atoms with E-state index in [2.05, 4.69) is 19.6 Å². The molecule has 12 heavy (non-hydrogen) atoms. The maximum atomic E-state index is 5.84. The van der Waals surface area contributed by atoms with Crippen LogP contribution in [-0.2, 0) is 4.43 Å². The average Bonchev–Trinajstić information content (AvgIpc) is 2.40. The zero-order valence-corrected chi connectivity index (χ0v) is 10.1. The van der Waals surface area contributed by atoms with Crippen molar-refractivity contribution in [2.75, 3.05) is 0 Å². The second-order valence-corrected chi connectivity index (χ2v) is 9.59. The van der Waals surface area contributed by atoms with Crippen LogP contribution in [0.15, 0.2) is 10.6 Å². The molecule has 70 valence electrons. The van der Waals surface area contributed by atoms with Crippen LogP contribution < -0.4 is 0 Å². The van der Waals surface area contributed by atoms with Gasteiger partial charge in [0.15, 0.2) is 8.32 Å². The second kappa shape index (κ2) is 3.70. The predicted octanol–water partition coefficient (Wildman–Crippen LogP) is 3.55. The molecule has 1 saturated carbocycles. The SMILES string of the molecule is C[Si](C)(C)O[C@H]1C[C@H]1C=C(Cl)Cl. The van der Waals surface area contributed by atoms with Crippen molar-refractivity contribution in [2.45, 2.75) is 32.2 Å². The average molecular weight is 225 g/mol. The fraction of sp³-hybridized carbons (Fsp3) is 0.750. The standard InChI is InChI=1S/C8H14Cl2OSi/c1-12(2,3)11-7-4-6(7)5-8(9)10/h5-7H,4H2,1-3H3/t6-,7-/m0/s1. The van der Waals surface area contributed by atoms with Crippen LogP contribution in [0.5, 0.6) is 0 Å². The molecule has 0 amide bonds. The molecule has 0 bridgehead atoms. The minimum atomic E-state index is -1.37. The molecule has 0 aromatic rings. The summed E-state index contributed by atoms with van der Waals surface area (Å²) in [4.78, 5) is 0. The van der Waals surface area contributed by atoms with Gasteiger partial charge in [-0.1, -0.05) is 23.2 Å². The molecule has 0 radical (unpaired) electrons. The summed E-state index contributed by atoms with van der Waals surface area (Å²) in [5.74, 6) is 0.460. The molecule has 0 unspecified atom stereocenters. The summed E-state index contributed by atoms with van der Waals surface area (Å²) >= 11 is 11.1. The Morgan fingerprint density at radius 1 is 1.42 bits per heavy atom. The highest BCUT2D eigenvalue weighted by molar-refractivity contribution is 6.69. The van der Waals surface area contributed by atoms with Crippen molar-refractivity contribution in [3.05, 3.63) is 10.6 Å². The maximum Gasteiger partial charge on any atom is 0.184 e. The van der Waals surface area contributed by atoms with Crippen molar-refractivity contribution >= 4 is 31.5 Å². The van der Waals surface area contributed by atoms with Gasteiger partial charge in [-0.3, -0.25) is 0 Å². The van der Waals surface area contributed by atoms with Crippen LogP contribution in [0, 0.1) is 5.92 Å². The van der Waals surface area contributed by atoms with Gasteiger partial charge in [-0.15, -0.1) is 0 Å². The first-order chi connectivity index (χ1) is 5.38. The fourth-order valence-electron chi connectivity index (χ4n) is 1.12. The normalized spacial score (nSPS) is 28.4. The fourth-order valence-corrected chi connectivity index (χ4v) is 2.62. The van der Waals surface area contributed by atoms with Gasteiger partial charge < -0.3 is 4.43 Å².